The number of carbonyl (C=O) groups excluding carboxylic acids is 1. The van der Waals surface area contributed by atoms with Crippen LogP contribution in [0.25, 0.3) is 6.08 Å². The first kappa shape index (κ1) is 18.5. The Kier molecular flexibility index (Phi) is 6.87. The van der Waals surface area contributed by atoms with Gasteiger partial charge in [-0.1, -0.05) is 28.1 Å². The highest BCUT2D eigenvalue weighted by Crippen LogP contribution is 2.37. The molecular formula is C18H16Br2O4. The molecular weight excluding hydrogens is 440 g/mol. The molecule has 2 rings (SSSR count). The third kappa shape index (κ3) is 5.11. The van der Waals surface area contributed by atoms with Crippen LogP contribution in [0.4, 0.5) is 0 Å². The normalized spacial score (nSPS) is 10.7. The lowest BCUT2D eigenvalue weighted by Crippen LogP contribution is -1.99. The van der Waals surface area contributed by atoms with Crippen LogP contribution in [0.5, 0.6) is 11.5 Å². The van der Waals surface area contributed by atoms with Gasteiger partial charge in [0, 0.05) is 10.5 Å². The minimum atomic E-state index is -0.416. The zero-order chi connectivity index (χ0) is 17.5. The first-order chi connectivity index (χ1) is 11.5. The highest BCUT2D eigenvalue weighted by molar-refractivity contribution is 9.10. The minimum absolute atomic E-state index is 0.416. The molecule has 0 spiro atoms. The van der Waals surface area contributed by atoms with E-state index in [-0.39, 0.29) is 0 Å². The van der Waals surface area contributed by atoms with Gasteiger partial charge in [0.1, 0.15) is 6.61 Å². The van der Waals surface area contributed by atoms with Crippen molar-refractivity contribution in [2.24, 2.45) is 0 Å². The number of ether oxygens (including phenoxy) is 3. The third-order valence-electron chi connectivity index (χ3n) is 3.16. The maximum Gasteiger partial charge on any atom is 0.330 e. The summed E-state index contributed by atoms with van der Waals surface area (Å²) in [6.45, 7) is 0.416. The number of benzene rings is 2. The van der Waals surface area contributed by atoms with Gasteiger partial charge in [-0.2, -0.15) is 0 Å². The summed E-state index contributed by atoms with van der Waals surface area (Å²) in [6.07, 6.45) is 3.00. The zero-order valence-corrected chi connectivity index (χ0v) is 16.4. The number of methoxy groups -OCH3 is 2. The highest BCUT2D eigenvalue weighted by atomic mass is 79.9. The number of hydrogen-bond donors (Lipinski definition) is 0. The molecule has 0 aliphatic heterocycles. The predicted octanol–water partition coefficient (Wildman–Crippen LogP) is 4.99. The highest BCUT2D eigenvalue weighted by Gasteiger charge is 2.11. The van der Waals surface area contributed by atoms with Gasteiger partial charge in [-0.25, -0.2) is 4.79 Å². The van der Waals surface area contributed by atoms with E-state index in [2.05, 4.69) is 36.6 Å². The summed E-state index contributed by atoms with van der Waals surface area (Å²) >= 11 is 6.89. The van der Waals surface area contributed by atoms with Crippen LogP contribution in [0.1, 0.15) is 11.1 Å². The minimum Gasteiger partial charge on any atom is -0.493 e. The Morgan fingerprint density at radius 3 is 2.46 bits per heavy atom. The lowest BCUT2D eigenvalue weighted by atomic mass is 10.2. The molecule has 0 N–H and O–H groups in total. The molecule has 0 saturated heterocycles. The van der Waals surface area contributed by atoms with Crippen molar-refractivity contribution in [2.75, 3.05) is 14.2 Å². The first-order valence-corrected chi connectivity index (χ1v) is 8.63. The second-order valence-electron chi connectivity index (χ2n) is 4.81. The average molecular weight is 456 g/mol. The van der Waals surface area contributed by atoms with Gasteiger partial charge < -0.3 is 14.2 Å². The van der Waals surface area contributed by atoms with Crippen molar-refractivity contribution in [2.45, 2.75) is 6.61 Å². The van der Waals surface area contributed by atoms with Gasteiger partial charge >= 0.3 is 5.97 Å². The Labute approximate surface area is 157 Å². The molecule has 6 heteroatoms. The van der Waals surface area contributed by atoms with Crippen LogP contribution < -0.4 is 9.47 Å². The lowest BCUT2D eigenvalue weighted by molar-refractivity contribution is -0.134. The van der Waals surface area contributed by atoms with Crippen molar-refractivity contribution < 1.29 is 19.0 Å². The number of esters is 1. The van der Waals surface area contributed by atoms with E-state index in [0.717, 1.165) is 20.1 Å². The van der Waals surface area contributed by atoms with E-state index >= 15 is 0 Å². The van der Waals surface area contributed by atoms with Gasteiger partial charge in [-0.15, -0.1) is 0 Å². The van der Waals surface area contributed by atoms with Gasteiger partial charge in [0.05, 0.1) is 18.7 Å². The lowest BCUT2D eigenvalue weighted by Gasteiger charge is -2.13. The van der Waals surface area contributed by atoms with Crippen LogP contribution in [-0.4, -0.2) is 20.2 Å². The van der Waals surface area contributed by atoms with E-state index in [4.69, 9.17) is 9.47 Å². The molecule has 2 aromatic rings. The van der Waals surface area contributed by atoms with E-state index < -0.39 is 5.97 Å². The summed E-state index contributed by atoms with van der Waals surface area (Å²) in [5, 5.41) is 0. The maximum atomic E-state index is 11.2. The topological polar surface area (TPSA) is 44.8 Å². The first-order valence-electron chi connectivity index (χ1n) is 7.04. The predicted molar refractivity (Wildman–Crippen MR) is 100 cm³/mol. The van der Waals surface area contributed by atoms with Crippen LogP contribution in [0.3, 0.4) is 0 Å². The van der Waals surface area contributed by atoms with Crippen LogP contribution in [0.15, 0.2) is 51.4 Å². The van der Waals surface area contributed by atoms with E-state index in [0.29, 0.717) is 18.1 Å². The van der Waals surface area contributed by atoms with E-state index in [9.17, 15) is 4.79 Å². The zero-order valence-electron chi connectivity index (χ0n) is 13.2. The Morgan fingerprint density at radius 2 is 1.83 bits per heavy atom. The molecule has 0 unspecified atom stereocenters. The van der Waals surface area contributed by atoms with Crippen molar-refractivity contribution >= 4 is 43.9 Å². The molecule has 126 valence electrons. The van der Waals surface area contributed by atoms with Gasteiger partial charge in [0.25, 0.3) is 0 Å². The van der Waals surface area contributed by atoms with Gasteiger partial charge in [-0.3, -0.25) is 0 Å². The SMILES string of the molecule is COC(=O)/C=C/c1cc(Br)c(OCc2ccc(Br)cc2)c(OC)c1. The van der Waals surface area contributed by atoms with Crippen LogP contribution >= 0.6 is 31.9 Å². The number of hydrogen-bond acceptors (Lipinski definition) is 4. The summed E-state index contributed by atoms with van der Waals surface area (Å²) in [4.78, 5) is 11.2. The van der Waals surface area contributed by atoms with Gasteiger partial charge in [0.2, 0.25) is 0 Å². The molecule has 0 fully saturated rings. The Balaban J connectivity index is 2.18. The van der Waals surface area contributed by atoms with Crippen LogP contribution in [0.2, 0.25) is 0 Å². The van der Waals surface area contributed by atoms with Gasteiger partial charge in [0.15, 0.2) is 11.5 Å². The fourth-order valence-corrected chi connectivity index (χ4v) is 2.78. The molecule has 0 atom stereocenters. The summed E-state index contributed by atoms with van der Waals surface area (Å²) in [5.74, 6) is 0.766. The Hall–Kier alpha value is -1.79. The van der Waals surface area contributed by atoms with Crippen molar-refractivity contribution in [3.8, 4) is 11.5 Å². The van der Waals surface area contributed by atoms with Crippen LogP contribution in [-0.2, 0) is 16.1 Å². The molecule has 0 heterocycles. The molecule has 24 heavy (non-hydrogen) atoms. The molecule has 0 saturated carbocycles. The molecule has 0 amide bonds. The molecule has 0 aliphatic carbocycles. The van der Waals surface area contributed by atoms with E-state index in [1.807, 2.05) is 30.3 Å². The van der Waals surface area contributed by atoms with Crippen molar-refractivity contribution in [3.05, 3.63) is 62.5 Å². The third-order valence-corrected chi connectivity index (χ3v) is 4.28. The molecule has 0 bridgehead atoms. The molecule has 0 aliphatic rings. The van der Waals surface area contributed by atoms with Crippen molar-refractivity contribution in [1.82, 2.24) is 0 Å². The molecule has 4 nitrogen and oxygen atoms in total. The largest absolute Gasteiger partial charge is 0.493 e. The number of halogens is 2. The maximum absolute atomic E-state index is 11.2. The summed E-state index contributed by atoms with van der Waals surface area (Å²) in [7, 11) is 2.91. The Morgan fingerprint density at radius 1 is 1.12 bits per heavy atom. The molecule has 2 aromatic carbocycles. The molecule has 0 radical (unpaired) electrons. The van der Waals surface area contributed by atoms with Crippen LogP contribution in [0, 0.1) is 0 Å². The molecule has 0 aromatic heterocycles. The second kappa shape index (κ2) is 8.89. The standard InChI is InChI=1S/C18H16Br2O4/c1-22-16-10-13(5-8-17(21)23-2)9-15(20)18(16)24-11-12-3-6-14(19)7-4-12/h3-10H,11H2,1-2H3/b8-5+. The number of rotatable bonds is 6. The monoisotopic (exact) mass is 454 g/mol. The van der Waals surface area contributed by atoms with E-state index in [1.54, 1.807) is 19.3 Å². The van der Waals surface area contributed by atoms with Gasteiger partial charge in [-0.05, 0) is 57.4 Å². The average Bonchev–Trinajstić information content (AvgIpc) is 2.59. The quantitative estimate of drug-likeness (QED) is 0.454. The van der Waals surface area contributed by atoms with Crippen molar-refractivity contribution in [3.63, 3.8) is 0 Å². The second-order valence-corrected chi connectivity index (χ2v) is 6.58. The smallest absolute Gasteiger partial charge is 0.330 e. The summed E-state index contributed by atoms with van der Waals surface area (Å²) < 4.78 is 17.6. The van der Waals surface area contributed by atoms with Crippen molar-refractivity contribution in [1.29, 1.82) is 0 Å². The fraction of sp³-hybridized carbons (Fsp3) is 0.167. The van der Waals surface area contributed by atoms with E-state index in [1.165, 1.54) is 13.2 Å². The summed E-state index contributed by atoms with van der Waals surface area (Å²) in [5.41, 5.74) is 1.84. The fourth-order valence-electron chi connectivity index (χ4n) is 1.94. The Bertz CT molecular complexity index is 739. The summed E-state index contributed by atoms with van der Waals surface area (Å²) in [6, 6.07) is 11.5. The number of carbonyl (C=O) groups is 1.